The third-order valence-corrected chi connectivity index (χ3v) is 2.74. The van der Waals surface area contributed by atoms with Crippen LogP contribution in [0.3, 0.4) is 0 Å². The fourth-order valence-corrected chi connectivity index (χ4v) is 1.84. The van der Waals surface area contributed by atoms with Crippen LogP contribution in [0.2, 0.25) is 5.02 Å². The largest absolute Gasteiger partial charge is 0.492 e. The van der Waals surface area contributed by atoms with Gasteiger partial charge < -0.3 is 15.8 Å². The molecule has 5 heteroatoms. The van der Waals surface area contributed by atoms with E-state index in [9.17, 15) is 4.79 Å². The lowest BCUT2D eigenvalue weighted by Gasteiger charge is -2.09. The summed E-state index contributed by atoms with van der Waals surface area (Å²) in [5.41, 5.74) is 7.11. The molecule has 0 radical (unpaired) electrons. The number of nitrogens with two attached hydrogens (primary N) is 1. The summed E-state index contributed by atoms with van der Waals surface area (Å²) < 4.78 is 5.46. The lowest BCUT2D eigenvalue weighted by molar-refractivity contribution is -0.116. The first kappa shape index (κ1) is 11.2. The molecule has 86 valence electrons. The van der Waals surface area contributed by atoms with Gasteiger partial charge >= 0.3 is 0 Å². The summed E-state index contributed by atoms with van der Waals surface area (Å²) in [5, 5.41) is 3.17. The predicted octanol–water partition coefficient (Wildman–Crippen LogP) is 2.08. The number of halogens is 1. The molecule has 0 saturated carbocycles. The Morgan fingerprint density at radius 1 is 1.56 bits per heavy atom. The summed E-state index contributed by atoms with van der Waals surface area (Å²) in [5.74, 6) is 0.371. The molecular weight excluding hydrogens is 228 g/mol. The number of fused-ring (bicyclic) bond motifs is 1. The highest BCUT2D eigenvalue weighted by Gasteiger charge is 2.28. The molecule has 1 heterocycles. The monoisotopic (exact) mass is 240 g/mol. The van der Waals surface area contributed by atoms with Gasteiger partial charge in [0, 0.05) is 17.3 Å². The van der Waals surface area contributed by atoms with Gasteiger partial charge in [-0.1, -0.05) is 18.5 Å². The van der Waals surface area contributed by atoms with E-state index in [-0.39, 0.29) is 5.91 Å². The van der Waals surface area contributed by atoms with Gasteiger partial charge in [-0.15, -0.1) is 0 Å². The van der Waals surface area contributed by atoms with E-state index in [4.69, 9.17) is 22.1 Å². The third kappa shape index (κ3) is 1.86. The lowest BCUT2D eigenvalue weighted by Crippen LogP contribution is -2.19. The number of carbonyl (C=O) groups excluding carboxylic acids is 1. The van der Waals surface area contributed by atoms with Crippen LogP contribution in [0.4, 0.5) is 5.69 Å². The van der Waals surface area contributed by atoms with Gasteiger partial charge in [-0.2, -0.15) is 0 Å². The maximum Gasteiger partial charge on any atom is 0.245 e. The van der Waals surface area contributed by atoms with Crippen molar-refractivity contribution < 1.29 is 9.53 Å². The van der Waals surface area contributed by atoms with E-state index < -0.39 is 6.04 Å². The SMILES string of the molecule is CCCOc1cc2c(cc1Cl)C(N)C(=O)N2. The zero-order chi connectivity index (χ0) is 11.7. The van der Waals surface area contributed by atoms with Gasteiger partial charge in [0.25, 0.3) is 0 Å². The molecule has 0 bridgehead atoms. The van der Waals surface area contributed by atoms with Crippen molar-refractivity contribution in [1.29, 1.82) is 0 Å². The molecule has 1 amide bonds. The molecule has 4 nitrogen and oxygen atoms in total. The number of rotatable bonds is 3. The maximum atomic E-state index is 11.3. The minimum Gasteiger partial charge on any atom is -0.492 e. The van der Waals surface area contributed by atoms with Gasteiger partial charge in [-0.05, 0) is 12.5 Å². The molecule has 16 heavy (non-hydrogen) atoms. The van der Waals surface area contributed by atoms with Crippen molar-refractivity contribution in [3.8, 4) is 5.75 Å². The number of carbonyl (C=O) groups is 1. The van der Waals surface area contributed by atoms with E-state index in [0.29, 0.717) is 23.1 Å². The van der Waals surface area contributed by atoms with Crippen LogP contribution in [0.5, 0.6) is 5.75 Å². The molecule has 3 N–H and O–H groups in total. The Hall–Kier alpha value is -1.26. The van der Waals surface area contributed by atoms with Crippen LogP contribution in [0.15, 0.2) is 12.1 Å². The molecule has 1 unspecified atom stereocenters. The molecule has 0 aromatic heterocycles. The van der Waals surface area contributed by atoms with Crippen LogP contribution in [-0.2, 0) is 4.79 Å². The summed E-state index contributed by atoms with van der Waals surface area (Å²) in [6.45, 7) is 2.61. The van der Waals surface area contributed by atoms with Crippen molar-refractivity contribution in [2.45, 2.75) is 19.4 Å². The highest BCUT2D eigenvalue weighted by atomic mass is 35.5. The number of amides is 1. The summed E-state index contributed by atoms with van der Waals surface area (Å²) in [4.78, 5) is 11.3. The van der Waals surface area contributed by atoms with Gasteiger partial charge in [0.15, 0.2) is 0 Å². The van der Waals surface area contributed by atoms with Gasteiger partial charge in [0.05, 0.1) is 11.6 Å². The number of nitrogens with one attached hydrogen (secondary N) is 1. The summed E-state index contributed by atoms with van der Waals surface area (Å²) in [6.07, 6.45) is 0.902. The van der Waals surface area contributed by atoms with Crippen molar-refractivity contribution in [2.24, 2.45) is 5.73 Å². The second kappa shape index (κ2) is 4.31. The molecule has 0 aliphatic carbocycles. The van der Waals surface area contributed by atoms with E-state index >= 15 is 0 Å². The average molecular weight is 241 g/mol. The molecule has 1 aliphatic heterocycles. The quantitative estimate of drug-likeness (QED) is 0.850. The molecule has 0 saturated heterocycles. The first-order valence-corrected chi connectivity index (χ1v) is 5.54. The molecule has 1 aromatic rings. The summed E-state index contributed by atoms with van der Waals surface area (Å²) in [7, 11) is 0. The fourth-order valence-electron chi connectivity index (χ4n) is 1.61. The Morgan fingerprint density at radius 3 is 3.00 bits per heavy atom. The molecule has 1 atom stereocenters. The second-order valence-electron chi connectivity index (χ2n) is 3.69. The molecule has 1 aromatic carbocycles. The molecule has 2 rings (SSSR count). The van der Waals surface area contributed by atoms with Gasteiger partial charge in [0.2, 0.25) is 5.91 Å². The van der Waals surface area contributed by atoms with E-state index in [0.717, 1.165) is 12.0 Å². The Labute approximate surface area is 98.7 Å². The first-order chi connectivity index (χ1) is 7.63. The average Bonchev–Trinajstić information content (AvgIpc) is 2.52. The summed E-state index contributed by atoms with van der Waals surface area (Å²) in [6, 6.07) is 2.77. The minimum absolute atomic E-state index is 0.210. The van der Waals surface area contributed by atoms with Crippen LogP contribution in [-0.4, -0.2) is 12.5 Å². The number of hydrogen-bond donors (Lipinski definition) is 2. The smallest absolute Gasteiger partial charge is 0.245 e. The second-order valence-corrected chi connectivity index (χ2v) is 4.09. The van der Waals surface area contributed by atoms with Gasteiger partial charge in [0.1, 0.15) is 11.8 Å². The topological polar surface area (TPSA) is 64.3 Å². The molecule has 0 spiro atoms. The molecule has 0 fully saturated rings. The Morgan fingerprint density at radius 2 is 2.31 bits per heavy atom. The van der Waals surface area contributed by atoms with Crippen LogP contribution >= 0.6 is 11.6 Å². The fraction of sp³-hybridized carbons (Fsp3) is 0.364. The van der Waals surface area contributed by atoms with Crippen molar-refractivity contribution >= 4 is 23.2 Å². The maximum absolute atomic E-state index is 11.3. The van der Waals surface area contributed by atoms with E-state index in [2.05, 4.69) is 5.32 Å². The standard InChI is InChI=1S/C11H13ClN2O2/c1-2-3-16-9-5-8-6(4-7(9)12)10(13)11(15)14-8/h4-5,10H,2-3,13H2,1H3,(H,14,15). The third-order valence-electron chi connectivity index (χ3n) is 2.44. The van der Waals surface area contributed by atoms with Crippen molar-refractivity contribution in [2.75, 3.05) is 11.9 Å². The molecular formula is C11H13ClN2O2. The lowest BCUT2D eigenvalue weighted by atomic mass is 10.1. The number of anilines is 1. The predicted molar refractivity (Wildman–Crippen MR) is 62.8 cm³/mol. The Kier molecular flexibility index (Phi) is 3.03. The zero-order valence-corrected chi connectivity index (χ0v) is 9.67. The van der Waals surface area contributed by atoms with Gasteiger partial charge in [-0.3, -0.25) is 4.79 Å². The van der Waals surface area contributed by atoms with E-state index in [1.165, 1.54) is 0 Å². The minimum atomic E-state index is -0.632. The molecule has 1 aliphatic rings. The van der Waals surface area contributed by atoms with Gasteiger partial charge in [-0.25, -0.2) is 0 Å². The van der Waals surface area contributed by atoms with Crippen molar-refractivity contribution in [3.05, 3.63) is 22.7 Å². The highest BCUT2D eigenvalue weighted by Crippen LogP contribution is 2.37. The van der Waals surface area contributed by atoms with Crippen LogP contribution in [0.1, 0.15) is 24.9 Å². The Bertz CT molecular complexity index is 434. The van der Waals surface area contributed by atoms with Crippen molar-refractivity contribution in [3.63, 3.8) is 0 Å². The number of ether oxygens (including phenoxy) is 1. The van der Waals surface area contributed by atoms with Crippen LogP contribution < -0.4 is 15.8 Å². The number of benzene rings is 1. The van der Waals surface area contributed by atoms with Crippen LogP contribution in [0.25, 0.3) is 0 Å². The van der Waals surface area contributed by atoms with E-state index in [1.807, 2.05) is 6.92 Å². The summed E-state index contributed by atoms with van der Waals surface area (Å²) >= 11 is 6.04. The van der Waals surface area contributed by atoms with Crippen molar-refractivity contribution in [1.82, 2.24) is 0 Å². The zero-order valence-electron chi connectivity index (χ0n) is 8.92. The van der Waals surface area contributed by atoms with E-state index in [1.54, 1.807) is 12.1 Å². The normalized spacial score (nSPS) is 18.2. The first-order valence-electron chi connectivity index (χ1n) is 5.16. The number of hydrogen-bond acceptors (Lipinski definition) is 3. The highest BCUT2D eigenvalue weighted by molar-refractivity contribution is 6.32. The Balaban J connectivity index is 2.33. The van der Waals surface area contributed by atoms with Crippen LogP contribution in [0, 0.1) is 0 Å².